The van der Waals surface area contributed by atoms with Gasteiger partial charge in [-0.15, -0.1) is 0 Å². The van der Waals surface area contributed by atoms with Crippen LogP contribution < -0.4 is 9.64 Å². The van der Waals surface area contributed by atoms with E-state index in [1.165, 1.54) is 23.4 Å². The molecule has 1 aliphatic heterocycles. The summed E-state index contributed by atoms with van der Waals surface area (Å²) >= 11 is 0. The van der Waals surface area contributed by atoms with E-state index in [-0.39, 0.29) is 18.3 Å². The van der Waals surface area contributed by atoms with E-state index >= 15 is 0 Å². The van der Waals surface area contributed by atoms with E-state index in [4.69, 9.17) is 4.74 Å². The molecule has 1 amide bonds. The van der Waals surface area contributed by atoms with Gasteiger partial charge in [-0.05, 0) is 54.4 Å². The van der Waals surface area contributed by atoms with Gasteiger partial charge in [0, 0.05) is 31.9 Å². The number of hydrogen-bond donors (Lipinski definition) is 0. The fourth-order valence-electron chi connectivity index (χ4n) is 3.67. The Balaban J connectivity index is 1.41. The van der Waals surface area contributed by atoms with Gasteiger partial charge in [0.2, 0.25) is 0 Å². The lowest BCUT2D eigenvalue weighted by molar-refractivity contribution is 0.0742. The summed E-state index contributed by atoms with van der Waals surface area (Å²) in [6.45, 7) is 5.30. The van der Waals surface area contributed by atoms with E-state index in [9.17, 15) is 9.18 Å². The van der Waals surface area contributed by atoms with Crippen LogP contribution in [0.25, 0.3) is 0 Å². The Morgan fingerprint density at radius 2 is 1.67 bits per heavy atom. The minimum atomic E-state index is -0.279. The Bertz CT molecular complexity index is 1010. The molecule has 4 rings (SSSR count). The number of piperazine rings is 1. The molecule has 1 heterocycles. The van der Waals surface area contributed by atoms with Crippen LogP contribution in [0.1, 0.15) is 21.5 Å². The highest BCUT2D eigenvalue weighted by molar-refractivity contribution is 5.97. The van der Waals surface area contributed by atoms with Crippen LogP contribution >= 0.6 is 0 Å². The van der Waals surface area contributed by atoms with Gasteiger partial charge >= 0.3 is 0 Å². The van der Waals surface area contributed by atoms with Crippen LogP contribution in [0.5, 0.6) is 5.75 Å². The maximum atomic E-state index is 13.2. The Hall–Kier alpha value is -3.34. The smallest absolute Gasteiger partial charge is 0.257 e. The number of halogens is 1. The molecule has 0 unspecified atom stereocenters. The first-order valence-corrected chi connectivity index (χ1v) is 10.2. The van der Waals surface area contributed by atoms with E-state index in [1.54, 1.807) is 24.3 Å². The highest BCUT2D eigenvalue weighted by Crippen LogP contribution is 2.23. The maximum Gasteiger partial charge on any atom is 0.257 e. The van der Waals surface area contributed by atoms with Gasteiger partial charge in [-0.1, -0.05) is 36.4 Å². The molecule has 1 fully saturated rings. The third kappa shape index (κ3) is 4.62. The van der Waals surface area contributed by atoms with Gasteiger partial charge in [0.25, 0.3) is 5.91 Å². The van der Waals surface area contributed by atoms with Crippen LogP contribution in [0.15, 0.2) is 72.8 Å². The molecule has 0 saturated carbocycles. The normalized spacial score (nSPS) is 13.9. The largest absolute Gasteiger partial charge is 0.488 e. The summed E-state index contributed by atoms with van der Waals surface area (Å²) in [5.41, 5.74) is 3.84. The second-order valence-corrected chi connectivity index (χ2v) is 7.53. The van der Waals surface area contributed by atoms with Gasteiger partial charge in [-0.25, -0.2) is 4.39 Å². The number of para-hydroxylation sites is 1. The molecule has 4 nitrogen and oxygen atoms in total. The molecule has 0 radical (unpaired) electrons. The van der Waals surface area contributed by atoms with Gasteiger partial charge in [0.15, 0.2) is 0 Å². The third-order valence-electron chi connectivity index (χ3n) is 5.36. The number of hydrogen-bond acceptors (Lipinski definition) is 3. The maximum absolute atomic E-state index is 13.2. The summed E-state index contributed by atoms with van der Waals surface area (Å²) < 4.78 is 19.0. The standard InChI is InChI=1S/C25H25FN2O2/c1-19-5-4-6-22(17-19)27-13-15-28(16-14-27)25(29)23-7-2-3-8-24(23)30-18-20-9-11-21(26)12-10-20/h2-12,17H,13-16,18H2,1H3. The number of carbonyl (C=O) groups excluding carboxylic acids is 1. The average Bonchev–Trinajstić information content (AvgIpc) is 2.78. The number of ether oxygens (including phenoxy) is 1. The summed E-state index contributed by atoms with van der Waals surface area (Å²) in [5.74, 6) is 0.251. The zero-order valence-electron chi connectivity index (χ0n) is 17.1. The lowest BCUT2D eigenvalue weighted by Crippen LogP contribution is -2.48. The molecule has 3 aromatic carbocycles. The molecule has 0 spiro atoms. The van der Waals surface area contributed by atoms with Crippen molar-refractivity contribution in [1.82, 2.24) is 4.90 Å². The highest BCUT2D eigenvalue weighted by Gasteiger charge is 2.24. The number of aryl methyl sites for hydroxylation is 1. The number of rotatable bonds is 5. The Kier molecular flexibility index (Phi) is 5.98. The molecule has 0 N–H and O–H groups in total. The number of benzene rings is 3. The second-order valence-electron chi connectivity index (χ2n) is 7.53. The van der Waals surface area contributed by atoms with Crippen molar-refractivity contribution in [3.8, 4) is 5.75 Å². The van der Waals surface area contributed by atoms with E-state index in [0.29, 0.717) is 24.4 Å². The van der Waals surface area contributed by atoms with Crippen LogP contribution in [-0.4, -0.2) is 37.0 Å². The van der Waals surface area contributed by atoms with Crippen LogP contribution in [0.3, 0.4) is 0 Å². The molecule has 154 valence electrons. The van der Waals surface area contributed by atoms with Crippen LogP contribution in [0.2, 0.25) is 0 Å². The summed E-state index contributed by atoms with van der Waals surface area (Å²) in [6, 6.07) is 21.9. The first-order valence-electron chi connectivity index (χ1n) is 10.2. The average molecular weight is 404 g/mol. The Labute approximate surface area is 176 Å². The van der Waals surface area contributed by atoms with Gasteiger partial charge in [-0.2, -0.15) is 0 Å². The van der Waals surface area contributed by atoms with Crippen LogP contribution in [0, 0.1) is 12.7 Å². The zero-order chi connectivity index (χ0) is 20.9. The second kappa shape index (κ2) is 8.99. The first kappa shape index (κ1) is 20.0. The molecule has 0 aromatic heterocycles. The first-order chi connectivity index (χ1) is 14.6. The van der Waals surface area contributed by atoms with Gasteiger partial charge in [0.1, 0.15) is 18.2 Å². The minimum absolute atomic E-state index is 0.0198. The molecule has 5 heteroatoms. The molecule has 0 bridgehead atoms. The molecular formula is C25H25FN2O2. The fourth-order valence-corrected chi connectivity index (χ4v) is 3.67. The molecular weight excluding hydrogens is 379 g/mol. The summed E-state index contributed by atoms with van der Waals surface area (Å²) in [4.78, 5) is 17.3. The van der Waals surface area contributed by atoms with Gasteiger partial charge < -0.3 is 14.5 Å². The monoisotopic (exact) mass is 404 g/mol. The van der Waals surface area contributed by atoms with Gasteiger partial charge in [0.05, 0.1) is 5.56 Å². The fraction of sp³-hybridized carbons (Fsp3) is 0.240. The van der Waals surface area contributed by atoms with Crippen LogP contribution in [0.4, 0.5) is 10.1 Å². The van der Waals surface area contributed by atoms with E-state index in [2.05, 4.69) is 36.1 Å². The minimum Gasteiger partial charge on any atom is -0.488 e. The quantitative estimate of drug-likeness (QED) is 0.619. The molecule has 3 aromatic rings. The van der Waals surface area contributed by atoms with E-state index < -0.39 is 0 Å². The molecule has 30 heavy (non-hydrogen) atoms. The predicted octanol–water partition coefficient (Wildman–Crippen LogP) is 4.68. The zero-order valence-corrected chi connectivity index (χ0v) is 17.1. The third-order valence-corrected chi connectivity index (χ3v) is 5.36. The Morgan fingerprint density at radius 3 is 2.40 bits per heavy atom. The summed E-state index contributed by atoms with van der Waals surface area (Å²) in [7, 11) is 0. The lowest BCUT2D eigenvalue weighted by Gasteiger charge is -2.36. The molecule has 1 saturated heterocycles. The number of amides is 1. The summed E-state index contributed by atoms with van der Waals surface area (Å²) in [6.07, 6.45) is 0. The van der Waals surface area contributed by atoms with E-state index in [0.717, 1.165) is 18.7 Å². The van der Waals surface area contributed by atoms with Crippen molar-refractivity contribution in [2.24, 2.45) is 0 Å². The van der Waals surface area contributed by atoms with Crippen molar-refractivity contribution >= 4 is 11.6 Å². The van der Waals surface area contributed by atoms with Crippen molar-refractivity contribution in [2.45, 2.75) is 13.5 Å². The predicted molar refractivity (Wildman–Crippen MR) is 116 cm³/mol. The summed E-state index contributed by atoms with van der Waals surface area (Å²) in [5, 5.41) is 0. The highest BCUT2D eigenvalue weighted by atomic mass is 19.1. The molecule has 0 aliphatic carbocycles. The molecule has 0 atom stereocenters. The van der Waals surface area contributed by atoms with Gasteiger partial charge in [-0.3, -0.25) is 4.79 Å². The van der Waals surface area contributed by atoms with Crippen LogP contribution in [-0.2, 0) is 6.61 Å². The lowest BCUT2D eigenvalue weighted by atomic mass is 10.1. The number of anilines is 1. The Morgan fingerprint density at radius 1 is 0.933 bits per heavy atom. The van der Waals surface area contributed by atoms with Crippen molar-refractivity contribution in [3.63, 3.8) is 0 Å². The van der Waals surface area contributed by atoms with Crippen molar-refractivity contribution in [2.75, 3.05) is 31.1 Å². The SMILES string of the molecule is Cc1cccc(N2CCN(C(=O)c3ccccc3OCc3ccc(F)cc3)CC2)c1. The van der Waals surface area contributed by atoms with Crippen molar-refractivity contribution < 1.29 is 13.9 Å². The van der Waals surface area contributed by atoms with Crippen molar-refractivity contribution in [1.29, 1.82) is 0 Å². The topological polar surface area (TPSA) is 32.8 Å². The van der Waals surface area contributed by atoms with E-state index in [1.807, 2.05) is 17.0 Å². The molecule has 1 aliphatic rings. The number of carbonyl (C=O) groups is 1. The number of nitrogens with zero attached hydrogens (tertiary/aromatic N) is 2. The van der Waals surface area contributed by atoms with Crippen molar-refractivity contribution in [3.05, 3.63) is 95.3 Å².